The maximum Gasteiger partial charge on any atom is 0.229 e. The molecule has 1 fully saturated rings. The smallest absolute Gasteiger partial charge is 0.229 e. The molecule has 4 aromatic rings. The van der Waals surface area contributed by atoms with Crippen molar-refractivity contribution in [2.75, 3.05) is 41.3 Å². The van der Waals surface area contributed by atoms with Gasteiger partial charge in [-0.05, 0) is 17.7 Å². The fourth-order valence-corrected chi connectivity index (χ4v) is 3.55. The molecule has 1 saturated heterocycles. The summed E-state index contributed by atoms with van der Waals surface area (Å²) in [6.07, 6.45) is 3.50. The van der Waals surface area contributed by atoms with E-state index in [1.54, 1.807) is 6.33 Å². The number of H-pyrrole nitrogens is 1. The Bertz CT molecular complexity index is 1070. The second-order valence-corrected chi connectivity index (χ2v) is 6.97. The average molecular weight is 386 g/mol. The Morgan fingerprint density at radius 2 is 1.66 bits per heavy atom. The van der Waals surface area contributed by atoms with Crippen molar-refractivity contribution in [1.82, 2.24) is 24.9 Å². The zero-order chi connectivity index (χ0) is 19.5. The van der Waals surface area contributed by atoms with Crippen LogP contribution >= 0.6 is 0 Å². The molecular formula is C21H22N8. The summed E-state index contributed by atoms with van der Waals surface area (Å²) in [5, 5.41) is 3.43. The molecule has 0 spiro atoms. The Balaban J connectivity index is 1.34. The van der Waals surface area contributed by atoms with Gasteiger partial charge in [0, 0.05) is 38.9 Å². The van der Waals surface area contributed by atoms with E-state index in [0.717, 1.165) is 43.3 Å². The lowest BCUT2D eigenvalue weighted by Gasteiger charge is -2.35. The fraction of sp³-hybridized carbons (Fsp3) is 0.238. The van der Waals surface area contributed by atoms with E-state index in [0.29, 0.717) is 18.1 Å². The lowest BCUT2D eigenvalue weighted by molar-refractivity contribution is 0.636. The number of pyridine rings is 1. The van der Waals surface area contributed by atoms with Crippen molar-refractivity contribution < 1.29 is 0 Å². The van der Waals surface area contributed by atoms with E-state index in [2.05, 4.69) is 47.2 Å². The summed E-state index contributed by atoms with van der Waals surface area (Å²) in [6.45, 7) is 4.13. The maximum absolute atomic E-state index is 4.81. The molecule has 8 heteroatoms. The molecule has 1 aromatic carbocycles. The van der Waals surface area contributed by atoms with Gasteiger partial charge < -0.3 is 20.1 Å². The Morgan fingerprint density at radius 1 is 0.862 bits per heavy atom. The lowest BCUT2D eigenvalue weighted by Crippen LogP contribution is -2.47. The second kappa shape index (κ2) is 7.75. The van der Waals surface area contributed by atoms with Gasteiger partial charge >= 0.3 is 0 Å². The van der Waals surface area contributed by atoms with Crippen LogP contribution in [0.1, 0.15) is 5.56 Å². The fourth-order valence-electron chi connectivity index (χ4n) is 3.55. The first kappa shape index (κ1) is 17.4. The van der Waals surface area contributed by atoms with Gasteiger partial charge in [-0.1, -0.05) is 36.4 Å². The number of aromatic nitrogens is 5. The minimum absolute atomic E-state index is 0.678. The highest BCUT2D eigenvalue weighted by Crippen LogP contribution is 2.23. The first-order valence-corrected chi connectivity index (χ1v) is 9.77. The summed E-state index contributed by atoms with van der Waals surface area (Å²) >= 11 is 0. The van der Waals surface area contributed by atoms with Crippen LogP contribution in [0, 0.1) is 0 Å². The third kappa shape index (κ3) is 3.69. The summed E-state index contributed by atoms with van der Waals surface area (Å²) in [6, 6.07) is 16.3. The molecule has 0 radical (unpaired) electrons. The van der Waals surface area contributed by atoms with Crippen LogP contribution in [0.3, 0.4) is 0 Å². The molecule has 1 aliphatic rings. The summed E-state index contributed by atoms with van der Waals surface area (Å²) < 4.78 is 0. The second-order valence-electron chi connectivity index (χ2n) is 6.97. The van der Waals surface area contributed by atoms with Crippen LogP contribution in [0.25, 0.3) is 11.2 Å². The molecule has 2 N–H and O–H groups in total. The van der Waals surface area contributed by atoms with Crippen molar-refractivity contribution in [2.45, 2.75) is 6.54 Å². The van der Waals surface area contributed by atoms with Crippen LogP contribution < -0.4 is 15.1 Å². The molecule has 0 aliphatic carbocycles. The third-order valence-corrected chi connectivity index (χ3v) is 5.11. The quantitative estimate of drug-likeness (QED) is 0.545. The molecule has 0 atom stereocenters. The lowest BCUT2D eigenvalue weighted by atomic mass is 10.2. The van der Waals surface area contributed by atoms with Gasteiger partial charge in [0.15, 0.2) is 11.5 Å². The van der Waals surface area contributed by atoms with Crippen molar-refractivity contribution in [1.29, 1.82) is 0 Å². The van der Waals surface area contributed by atoms with E-state index < -0.39 is 0 Å². The van der Waals surface area contributed by atoms with Gasteiger partial charge in [-0.2, -0.15) is 9.97 Å². The molecule has 1 aliphatic heterocycles. The molecule has 0 bridgehead atoms. The minimum Gasteiger partial charge on any atom is -0.364 e. The monoisotopic (exact) mass is 386 g/mol. The number of rotatable bonds is 5. The number of aromatic amines is 1. The predicted octanol–water partition coefficient (Wildman–Crippen LogP) is 2.69. The van der Waals surface area contributed by atoms with Crippen molar-refractivity contribution in [3.63, 3.8) is 0 Å². The predicted molar refractivity (Wildman–Crippen MR) is 114 cm³/mol. The molecule has 0 saturated carbocycles. The highest BCUT2D eigenvalue weighted by Gasteiger charge is 2.21. The highest BCUT2D eigenvalue weighted by atomic mass is 15.3. The van der Waals surface area contributed by atoms with E-state index in [1.165, 1.54) is 5.56 Å². The number of anilines is 3. The number of piperazine rings is 1. The molecule has 3 aromatic heterocycles. The number of imidazole rings is 1. The van der Waals surface area contributed by atoms with Crippen LogP contribution in [-0.2, 0) is 6.54 Å². The van der Waals surface area contributed by atoms with Crippen LogP contribution in [0.15, 0.2) is 61.1 Å². The topological polar surface area (TPSA) is 85.9 Å². The summed E-state index contributed by atoms with van der Waals surface area (Å²) in [4.78, 5) is 25.9. The summed E-state index contributed by atoms with van der Waals surface area (Å²) in [7, 11) is 0. The van der Waals surface area contributed by atoms with Crippen LogP contribution in [0.4, 0.5) is 17.6 Å². The van der Waals surface area contributed by atoms with Gasteiger partial charge in [-0.15, -0.1) is 0 Å². The zero-order valence-corrected chi connectivity index (χ0v) is 16.0. The maximum atomic E-state index is 4.81. The number of fused-ring (bicyclic) bond motifs is 1. The minimum atomic E-state index is 0.678. The number of hydrogen-bond donors (Lipinski definition) is 2. The number of benzene rings is 1. The summed E-state index contributed by atoms with van der Waals surface area (Å²) in [5.74, 6) is 2.50. The molecule has 4 heterocycles. The first-order chi connectivity index (χ1) is 14.4. The molecule has 0 unspecified atom stereocenters. The standard InChI is InChI=1S/C21H22N8/c1-2-6-16(7-3-1)14-23-19-18-20(25-15-24-18)27-21(26-19)29-12-10-28(11-13-29)17-8-4-5-9-22-17/h1-9,15H,10-14H2,(H2,23,24,25,26,27). The van der Waals surface area contributed by atoms with Crippen molar-refractivity contribution in [2.24, 2.45) is 0 Å². The Labute approximate surface area is 168 Å². The van der Waals surface area contributed by atoms with Gasteiger partial charge in [0.1, 0.15) is 11.3 Å². The highest BCUT2D eigenvalue weighted by molar-refractivity contribution is 5.83. The molecule has 29 heavy (non-hydrogen) atoms. The zero-order valence-electron chi connectivity index (χ0n) is 16.0. The SMILES string of the molecule is c1ccc(CNc2nc(N3CCN(c4ccccn4)CC3)nc3nc[nH]c23)cc1. The molecule has 0 amide bonds. The van der Waals surface area contributed by atoms with Crippen molar-refractivity contribution in [3.05, 3.63) is 66.6 Å². The number of hydrogen-bond acceptors (Lipinski definition) is 7. The van der Waals surface area contributed by atoms with Gasteiger partial charge in [0.2, 0.25) is 5.95 Å². The van der Waals surface area contributed by atoms with Crippen LogP contribution in [0.2, 0.25) is 0 Å². The summed E-state index contributed by atoms with van der Waals surface area (Å²) in [5.41, 5.74) is 2.71. The Kier molecular flexibility index (Phi) is 4.65. The third-order valence-electron chi connectivity index (χ3n) is 5.11. The van der Waals surface area contributed by atoms with Crippen molar-refractivity contribution >= 4 is 28.7 Å². The van der Waals surface area contributed by atoms with Gasteiger partial charge in [0.25, 0.3) is 0 Å². The van der Waals surface area contributed by atoms with E-state index in [4.69, 9.17) is 4.98 Å². The van der Waals surface area contributed by atoms with E-state index >= 15 is 0 Å². The average Bonchev–Trinajstić information content (AvgIpc) is 3.28. The van der Waals surface area contributed by atoms with Gasteiger partial charge in [0.05, 0.1) is 6.33 Å². The Morgan fingerprint density at radius 3 is 2.45 bits per heavy atom. The molecule has 8 nitrogen and oxygen atoms in total. The van der Waals surface area contributed by atoms with Gasteiger partial charge in [-0.25, -0.2) is 9.97 Å². The van der Waals surface area contributed by atoms with Crippen LogP contribution in [-0.4, -0.2) is 51.1 Å². The Hall–Kier alpha value is -3.68. The first-order valence-electron chi connectivity index (χ1n) is 9.77. The largest absolute Gasteiger partial charge is 0.364 e. The van der Waals surface area contributed by atoms with Crippen molar-refractivity contribution in [3.8, 4) is 0 Å². The molecule has 146 valence electrons. The van der Waals surface area contributed by atoms with E-state index in [-0.39, 0.29) is 0 Å². The van der Waals surface area contributed by atoms with E-state index in [9.17, 15) is 0 Å². The number of nitrogens with one attached hydrogen (secondary N) is 2. The van der Waals surface area contributed by atoms with E-state index in [1.807, 2.05) is 42.6 Å². The van der Waals surface area contributed by atoms with Crippen LogP contribution in [0.5, 0.6) is 0 Å². The molecule has 5 rings (SSSR count). The normalized spacial score (nSPS) is 14.3. The van der Waals surface area contributed by atoms with Gasteiger partial charge in [-0.3, -0.25) is 0 Å². The molecular weight excluding hydrogens is 364 g/mol. The number of nitrogens with zero attached hydrogens (tertiary/aromatic N) is 6.